The number of anilines is 1. The van der Waals surface area contributed by atoms with E-state index in [1.54, 1.807) is 32.0 Å². The van der Waals surface area contributed by atoms with Gasteiger partial charge in [0.15, 0.2) is 9.84 Å². The average molecular weight is 387 g/mol. The van der Waals surface area contributed by atoms with E-state index in [-0.39, 0.29) is 16.3 Å². The minimum Gasteiger partial charge on any atom is -0.322 e. The number of amides is 1. The fourth-order valence-electron chi connectivity index (χ4n) is 2.61. The van der Waals surface area contributed by atoms with Crippen LogP contribution in [0.25, 0.3) is 5.69 Å². The first-order valence-corrected chi connectivity index (χ1v) is 9.92. The lowest BCUT2D eigenvalue weighted by Crippen LogP contribution is -2.13. The number of halogens is 1. The summed E-state index contributed by atoms with van der Waals surface area (Å²) < 4.78 is 39.0. The fraction of sp³-hybridized carbons (Fsp3) is 0.158. The van der Waals surface area contributed by atoms with Crippen molar-refractivity contribution in [3.05, 3.63) is 71.8 Å². The Balaban J connectivity index is 1.83. The van der Waals surface area contributed by atoms with Gasteiger partial charge in [0.1, 0.15) is 11.5 Å². The zero-order valence-electron chi connectivity index (χ0n) is 14.8. The summed E-state index contributed by atoms with van der Waals surface area (Å²) >= 11 is 0. The number of carbonyl (C=O) groups is 1. The second-order valence-corrected chi connectivity index (χ2v) is 8.17. The molecule has 1 N–H and O–H groups in total. The quantitative estimate of drug-likeness (QED) is 0.728. The zero-order valence-corrected chi connectivity index (χ0v) is 15.6. The Bertz CT molecular complexity index is 1090. The van der Waals surface area contributed by atoms with Crippen molar-refractivity contribution in [3.8, 4) is 5.69 Å². The minimum atomic E-state index is -3.30. The van der Waals surface area contributed by atoms with Crippen LogP contribution in [0.1, 0.15) is 23.0 Å². The third-order valence-electron chi connectivity index (χ3n) is 4.19. The normalized spacial score (nSPS) is 11.4. The zero-order chi connectivity index (χ0) is 19.6. The molecule has 0 spiro atoms. The van der Waals surface area contributed by atoms with Crippen molar-refractivity contribution in [2.75, 3.05) is 11.1 Å². The van der Waals surface area contributed by atoms with Gasteiger partial charge in [-0.15, -0.1) is 0 Å². The van der Waals surface area contributed by atoms with Crippen LogP contribution in [0.3, 0.4) is 0 Å². The molecule has 0 saturated carbocycles. The van der Waals surface area contributed by atoms with E-state index in [1.165, 1.54) is 41.2 Å². The number of hydrogen-bond donors (Lipinski definition) is 1. The number of para-hydroxylation sites is 1. The van der Waals surface area contributed by atoms with Gasteiger partial charge in [-0.3, -0.25) is 4.79 Å². The molecule has 3 aromatic rings. The molecule has 1 heterocycles. The van der Waals surface area contributed by atoms with Crippen molar-refractivity contribution >= 4 is 21.4 Å². The first-order chi connectivity index (χ1) is 12.8. The van der Waals surface area contributed by atoms with Gasteiger partial charge in [0, 0.05) is 5.69 Å². The lowest BCUT2D eigenvalue weighted by atomic mass is 10.2. The first kappa shape index (κ1) is 18.8. The average Bonchev–Trinajstić information content (AvgIpc) is 3.04. The summed E-state index contributed by atoms with van der Waals surface area (Å²) in [6, 6.07) is 12.1. The number of rotatable bonds is 5. The second-order valence-electron chi connectivity index (χ2n) is 5.89. The molecule has 0 atom stereocenters. The Labute approximate surface area is 156 Å². The van der Waals surface area contributed by atoms with E-state index in [9.17, 15) is 17.6 Å². The Morgan fingerprint density at radius 2 is 1.81 bits per heavy atom. The van der Waals surface area contributed by atoms with Gasteiger partial charge in [0.25, 0.3) is 5.91 Å². The highest BCUT2D eigenvalue weighted by molar-refractivity contribution is 7.91. The van der Waals surface area contributed by atoms with E-state index >= 15 is 0 Å². The summed E-state index contributed by atoms with van der Waals surface area (Å²) in [4.78, 5) is 12.7. The lowest BCUT2D eigenvalue weighted by Gasteiger charge is -2.08. The van der Waals surface area contributed by atoms with E-state index in [1.807, 2.05) is 0 Å². The molecule has 0 saturated heterocycles. The summed E-state index contributed by atoms with van der Waals surface area (Å²) in [5, 5.41) is 6.80. The maximum atomic E-state index is 14.0. The Kier molecular flexibility index (Phi) is 5.09. The van der Waals surface area contributed by atoms with Crippen LogP contribution in [0.4, 0.5) is 10.1 Å². The fourth-order valence-corrected chi connectivity index (χ4v) is 3.49. The number of hydrogen-bond acceptors (Lipinski definition) is 4. The summed E-state index contributed by atoms with van der Waals surface area (Å²) in [6.07, 6.45) is 1.37. The van der Waals surface area contributed by atoms with E-state index in [4.69, 9.17) is 0 Å². The molecule has 27 heavy (non-hydrogen) atoms. The maximum Gasteiger partial charge on any atom is 0.259 e. The van der Waals surface area contributed by atoms with Crippen LogP contribution in [0, 0.1) is 12.7 Å². The van der Waals surface area contributed by atoms with Gasteiger partial charge in [-0.2, -0.15) is 5.10 Å². The van der Waals surface area contributed by atoms with Crippen LogP contribution in [-0.2, 0) is 9.84 Å². The Morgan fingerprint density at radius 3 is 2.44 bits per heavy atom. The van der Waals surface area contributed by atoms with Crippen molar-refractivity contribution in [2.45, 2.75) is 18.7 Å². The predicted molar refractivity (Wildman–Crippen MR) is 100 cm³/mol. The molecule has 1 aromatic heterocycles. The van der Waals surface area contributed by atoms with E-state index in [0.29, 0.717) is 16.9 Å². The largest absolute Gasteiger partial charge is 0.322 e. The molecule has 1 amide bonds. The number of aromatic nitrogens is 2. The van der Waals surface area contributed by atoms with E-state index in [2.05, 4.69) is 10.4 Å². The molecular formula is C19H18FN3O3S. The van der Waals surface area contributed by atoms with Gasteiger partial charge >= 0.3 is 0 Å². The highest BCUT2D eigenvalue weighted by Gasteiger charge is 2.17. The van der Waals surface area contributed by atoms with Gasteiger partial charge in [0.2, 0.25) is 0 Å². The number of benzene rings is 2. The first-order valence-electron chi connectivity index (χ1n) is 8.27. The number of nitrogens with zero attached hydrogens (tertiary/aromatic N) is 2. The molecule has 0 aliphatic carbocycles. The van der Waals surface area contributed by atoms with Crippen molar-refractivity contribution in [2.24, 2.45) is 0 Å². The molecule has 0 aliphatic heterocycles. The molecule has 0 aliphatic rings. The third kappa shape index (κ3) is 3.75. The van der Waals surface area contributed by atoms with Gasteiger partial charge in [-0.25, -0.2) is 17.5 Å². The standard InChI is InChI=1S/C19H18FN3O3S/c1-3-27(25,26)15-10-8-14(9-11-15)22-19(24)16-12-21-23(13(16)2)18-7-5-4-6-17(18)20/h4-12H,3H2,1-2H3,(H,22,24). The van der Waals surface area contributed by atoms with Gasteiger partial charge in [-0.1, -0.05) is 19.1 Å². The molecule has 6 nitrogen and oxygen atoms in total. The Morgan fingerprint density at radius 1 is 1.15 bits per heavy atom. The van der Waals surface area contributed by atoms with Crippen LogP contribution in [0.2, 0.25) is 0 Å². The van der Waals surface area contributed by atoms with E-state index < -0.39 is 21.6 Å². The maximum absolute atomic E-state index is 14.0. The number of carbonyl (C=O) groups excluding carboxylic acids is 1. The lowest BCUT2D eigenvalue weighted by molar-refractivity contribution is 0.102. The third-order valence-corrected chi connectivity index (χ3v) is 5.94. The topological polar surface area (TPSA) is 81.1 Å². The van der Waals surface area contributed by atoms with Gasteiger partial charge in [-0.05, 0) is 43.3 Å². The van der Waals surface area contributed by atoms with Gasteiger partial charge < -0.3 is 5.32 Å². The van der Waals surface area contributed by atoms with Crippen LogP contribution in [0.15, 0.2) is 59.6 Å². The number of sulfone groups is 1. The predicted octanol–water partition coefficient (Wildman–Crippen LogP) is 3.37. The molecule has 3 rings (SSSR count). The molecular weight excluding hydrogens is 369 g/mol. The van der Waals surface area contributed by atoms with E-state index in [0.717, 1.165) is 0 Å². The second kappa shape index (κ2) is 7.32. The van der Waals surface area contributed by atoms with Crippen LogP contribution < -0.4 is 5.32 Å². The smallest absolute Gasteiger partial charge is 0.259 e. The minimum absolute atomic E-state index is 0.00707. The van der Waals surface area contributed by atoms with Crippen LogP contribution in [0.5, 0.6) is 0 Å². The molecule has 2 aromatic carbocycles. The highest BCUT2D eigenvalue weighted by atomic mass is 32.2. The van der Waals surface area contributed by atoms with Crippen LogP contribution >= 0.6 is 0 Å². The summed E-state index contributed by atoms with van der Waals surface area (Å²) in [5.74, 6) is -0.850. The van der Waals surface area contributed by atoms with Crippen LogP contribution in [-0.4, -0.2) is 29.9 Å². The van der Waals surface area contributed by atoms with Crippen molar-refractivity contribution in [3.63, 3.8) is 0 Å². The van der Waals surface area contributed by atoms with Crippen molar-refractivity contribution < 1.29 is 17.6 Å². The monoisotopic (exact) mass is 387 g/mol. The summed E-state index contributed by atoms with van der Waals surface area (Å²) in [7, 11) is -3.30. The molecule has 140 valence electrons. The number of nitrogens with one attached hydrogen (secondary N) is 1. The molecule has 8 heteroatoms. The summed E-state index contributed by atoms with van der Waals surface area (Å²) in [5.41, 5.74) is 1.49. The van der Waals surface area contributed by atoms with Crippen molar-refractivity contribution in [1.82, 2.24) is 9.78 Å². The molecule has 0 fully saturated rings. The van der Waals surface area contributed by atoms with Gasteiger partial charge in [0.05, 0.1) is 28.1 Å². The highest BCUT2D eigenvalue weighted by Crippen LogP contribution is 2.19. The SMILES string of the molecule is CCS(=O)(=O)c1ccc(NC(=O)c2cnn(-c3ccccc3F)c2C)cc1. The Hall–Kier alpha value is -3.00. The molecule has 0 bridgehead atoms. The van der Waals surface area contributed by atoms with Crippen molar-refractivity contribution in [1.29, 1.82) is 0 Å². The molecule has 0 radical (unpaired) electrons. The summed E-state index contributed by atoms with van der Waals surface area (Å²) in [6.45, 7) is 3.24. The molecule has 0 unspecified atom stereocenters.